The van der Waals surface area contributed by atoms with Crippen LogP contribution in [0.25, 0.3) is 0 Å². The lowest BCUT2D eigenvalue weighted by molar-refractivity contribution is 0.1000. The molecule has 1 amide bonds. The lowest BCUT2D eigenvalue weighted by atomic mass is 10.2. The van der Waals surface area contributed by atoms with Crippen molar-refractivity contribution in [1.82, 2.24) is 0 Å². The molecular formula is C13H10Cl2N2O2. The maximum Gasteiger partial charge on any atom is 0.248 e. The van der Waals surface area contributed by atoms with Crippen molar-refractivity contribution in [3.8, 4) is 11.5 Å². The predicted octanol–water partition coefficient (Wildman–Crippen LogP) is 3.47. The van der Waals surface area contributed by atoms with Crippen LogP contribution in [0.1, 0.15) is 10.4 Å². The highest BCUT2D eigenvalue weighted by molar-refractivity contribution is 6.42. The van der Waals surface area contributed by atoms with Crippen LogP contribution < -0.4 is 16.2 Å². The molecule has 0 saturated carbocycles. The highest BCUT2D eigenvalue weighted by Gasteiger charge is 2.08. The van der Waals surface area contributed by atoms with Gasteiger partial charge in [-0.25, -0.2) is 0 Å². The first kappa shape index (κ1) is 13.5. The third-order valence-electron chi connectivity index (χ3n) is 2.40. The number of hydrogen-bond acceptors (Lipinski definition) is 3. The zero-order valence-corrected chi connectivity index (χ0v) is 11.2. The molecule has 0 aliphatic carbocycles. The van der Waals surface area contributed by atoms with Gasteiger partial charge in [0.15, 0.2) is 5.75 Å². The van der Waals surface area contributed by atoms with E-state index < -0.39 is 5.91 Å². The van der Waals surface area contributed by atoms with Gasteiger partial charge in [0.2, 0.25) is 5.91 Å². The Labute approximate surface area is 119 Å². The highest BCUT2D eigenvalue weighted by Crippen LogP contribution is 2.35. The maximum atomic E-state index is 11.1. The van der Waals surface area contributed by atoms with Crippen molar-refractivity contribution in [2.45, 2.75) is 0 Å². The second-order valence-corrected chi connectivity index (χ2v) is 4.61. The van der Waals surface area contributed by atoms with Crippen molar-refractivity contribution in [2.24, 2.45) is 5.73 Å². The van der Waals surface area contributed by atoms with E-state index in [1.54, 1.807) is 18.2 Å². The monoisotopic (exact) mass is 296 g/mol. The fraction of sp³-hybridized carbons (Fsp3) is 0. The minimum atomic E-state index is -0.535. The van der Waals surface area contributed by atoms with Crippen molar-refractivity contribution in [1.29, 1.82) is 0 Å². The van der Waals surface area contributed by atoms with Crippen LogP contribution in [0.15, 0.2) is 36.4 Å². The number of nitrogens with two attached hydrogens (primary N) is 2. The van der Waals surface area contributed by atoms with Gasteiger partial charge in [-0.3, -0.25) is 4.79 Å². The number of halogens is 2. The summed E-state index contributed by atoms with van der Waals surface area (Å²) in [5.74, 6) is 0.255. The maximum absolute atomic E-state index is 11.1. The number of nitrogen functional groups attached to an aromatic ring is 1. The molecule has 2 aromatic carbocycles. The fourth-order valence-corrected chi connectivity index (χ4v) is 1.80. The SMILES string of the molecule is NC(=O)c1cccc(Oc2cc(Cl)c(Cl)cc2N)c1. The molecule has 0 unspecified atom stereocenters. The minimum absolute atomic E-state index is 0.330. The van der Waals surface area contributed by atoms with Crippen LogP contribution in [-0.2, 0) is 0 Å². The second kappa shape index (κ2) is 5.38. The molecule has 4 nitrogen and oxygen atoms in total. The van der Waals surface area contributed by atoms with Gasteiger partial charge in [0.05, 0.1) is 15.7 Å². The second-order valence-electron chi connectivity index (χ2n) is 3.80. The van der Waals surface area contributed by atoms with Gasteiger partial charge in [-0.1, -0.05) is 29.3 Å². The van der Waals surface area contributed by atoms with Crippen molar-refractivity contribution in [2.75, 3.05) is 5.73 Å². The Morgan fingerprint density at radius 1 is 1.11 bits per heavy atom. The van der Waals surface area contributed by atoms with Crippen LogP contribution in [0.4, 0.5) is 5.69 Å². The Bertz CT molecular complexity index is 645. The van der Waals surface area contributed by atoms with Crippen LogP contribution >= 0.6 is 23.2 Å². The van der Waals surface area contributed by atoms with Gasteiger partial charge in [0.1, 0.15) is 5.75 Å². The fourth-order valence-electron chi connectivity index (χ4n) is 1.47. The van der Waals surface area contributed by atoms with E-state index in [0.29, 0.717) is 32.8 Å². The van der Waals surface area contributed by atoms with Gasteiger partial charge in [-0.05, 0) is 24.3 Å². The first-order valence-electron chi connectivity index (χ1n) is 5.29. The highest BCUT2D eigenvalue weighted by atomic mass is 35.5. The van der Waals surface area contributed by atoms with Crippen LogP contribution in [0.3, 0.4) is 0 Å². The Balaban J connectivity index is 2.33. The number of carbonyl (C=O) groups is 1. The molecule has 0 fully saturated rings. The number of rotatable bonds is 3. The summed E-state index contributed by atoms with van der Waals surface area (Å²) in [5, 5.41) is 0.675. The summed E-state index contributed by atoms with van der Waals surface area (Å²) in [6.45, 7) is 0. The van der Waals surface area contributed by atoms with E-state index in [2.05, 4.69) is 0 Å². The van der Waals surface area contributed by atoms with E-state index in [9.17, 15) is 4.79 Å². The summed E-state index contributed by atoms with van der Waals surface area (Å²) in [6, 6.07) is 9.45. The zero-order valence-electron chi connectivity index (χ0n) is 9.69. The molecule has 2 rings (SSSR count). The van der Waals surface area contributed by atoms with Gasteiger partial charge in [0.25, 0.3) is 0 Å². The average molecular weight is 297 g/mol. The molecule has 0 bridgehead atoms. The van der Waals surface area contributed by atoms with Gasteiger partial charge in [-0.15, -0.1) is 0 Å². The number of ether oxygens (including phenoxy) is 1. The van der Waals surface area contributed by atoms with Crippen molar-refractivity contribution in [3.05, 3.63) is 52.0 Å². The summed E-state index contributed by atoms with van der Waals surface area (Å²) in [5.41, 5.74) is 11.7. The molecule has 0 aromatic heterocycles. The molecular weight excluding hydrogens is 287 g/mol. The lowest BCUT2D eigenvalue weighted by Crippen LogP contribution is -2.10. The van der Waals surface area contributed by atoms with Crippen molar-refractivity contribution >= 4 is 34.8 Å². The summed E-state index contributed by atoms with van der Waals surface area (Å²) >= 11 is 11.7. The summed E-state index contributed by atoms with van der Waals surface area (Å²) in [7, 11) is 0. The van der Waals surface area contributed by atoms with Crippen LogP contribution in [0.2, 0.25) is 10.0 Å². The van der Waals surface area contributed by atoms with E-state index in [-0.39, 0.29) is 0 Å². The topological polar surface area (TPSA) is 78.3 Å². The molecule has 0 saturated heterocycles. The Morgan fingerprint density at radius 3 is 2.47 bits per heavy atom. The van der Waals surface area contributed by atoms with Crippen LogP contribution in [0.5, 0.6) is 11.5 Å². The van der Waals surface area contributed by atoms with E-state index in [4.69, 9.17) is 39.4 Å². The zero-order chi connectivity index (χ0) is 14.0. The van der Waals surface area contributed by atoms with Gasteiger partial charge in [-0.2, -0.15) is 0 Å². The number of carbonyl (C=O) groups excluding carboxylic acids is 1. The summed E-state index contributed by atoms with van der Waals surface area (Å²) in [6.07, 6.45) is 0. The third-order valence-corrected chi connectivity index (χ3v) is 3.12. The van der Waals surface area contributed by atoms with Gasteiger partial charge in [0, 0.05) is 11.6 Å². The molecule has 0 radical (unpaired) electrons. The Morgan fingerprint density at radius 2 is 1.79 bits per heavy atom. The summed E-state index contributed by atoms with van der Waals surface area (Å²) < 4.78 is 5.56. The normalized spacial score (nSPS) is 10.2. The Hall–Kier alpha value is -1.91. The first-order chi connectivity index (χ1) is 8.97. The Kier molecular flexibility index (Phi) is 3.83. The van der Waals surface area contributed by atoms with E-state index in [0.717, 1.165) is 0 Å². The predicted molar refractivity (Wildman–Crippen MR) is 75.9 cm³/mol. The molecule has 0 atom stereocenters. The smallest absolute Gasteiger partial charge is 0.248 e. The number of benzene rings is 2. The molecule has 6 heteroatoms. The number of amides is 1. The molecule has 98 valence electrons. The van der Waals surface area contributed by atoms with Crippen molar-refractivity contribution in [3.63, 3.8) is 0 Å². The van der Waals surface area contributed by atoms with E-state index >= 15 is 0 Å². The standard InChI is InChI=1S/C13H10Cl2N2O2/c14-9-5-11(16)12(6-10(9)15)19-8-3-1-2-7(4-8)13(17)18/h1-6H,16H2,(H2,17,18). The van der Waals surface area contributed by atoms with Gasteiger partial charge >= 0.3 is 0 Å². The summed E-state index contributed by atoms with van der Waals surface area (Å²) in [4.78, 5) is 11.1. The van der Waals surface area contributed by atoms with E-state index in [1.165, 1.54) is 18.2 Å². The quantitative estimate of drug-likeness (QED) is 0.851. The third kappa shape index (κ3) is 3.10. The van der Waals surface area contributed by atoms with Crippen LogP contribution in [-0.4, -0.2) is 5.91 Å². The first-order valence-corrected chi connectivity index (χ1v) is 6.05. The molecule has 2 aromatic rings. The minimum Gasteiger partial charge on any atom is -0.455 e. The number of primary amides is 1. The molecule has 4 N–H and O–H groups in total. The molecule has 0 aliphatic heterocycles. The average Bonchev–Trinajstić information content (AvgIpc) is 2.36. The largest absolute Gasteiger partial charge is 0.455 e. The molecule has 19 heavy (non-hydrogen) atoms. The molecule has 0 heterocycles. The van der Waals surface area contributed by atoms with E-state index in [1.807, 2.05) is 0 Å². The number of anilines is 1. The van der Waals surface area contributed by atoms with Gasteiger partial charge < -0.3 is 16.2 Å². The van der Waals surface area contributed by atoms with Crippen molar-refractivity contribution < 1.29 is 9.53 Å². The number of hydrogen-bond donors (Lipinski definition) is 2. The molecule has 0 spiro atoms. The van der Waals surface area contributed by atoms with Crippen LogP contribution in [0, 0.1) is 0 Å². The lowest BCUT2D eigenvalue weighted by Gasteiger charge is -2.10. The molecule has 0 aliphatic rings.